The third-order valence-corrected chi connectivity index (χ3v) is 5.58. The van der Waals surface area contributed by atoms with E-state index in [1.54, 1.807) is 18.3 Å². The molecule has 106 valence electrons. The number of benzene rings is 1. The normalized spacial score (nSPS) is 12.4. The highest BCUT2D eigenvalue weighted by atomic mass is 35.5. The predicted molar refractivity (Wildman–Crippen MR) is 90.4 cm³/mol. The van der Waals surface area contributed by atoms with Crippen LogP contribution in [0.3, 0.4) is 0 Å². The number of nitrogens with zero attached hydrogens (tertiary/aromatic N) is 1. The summed E-state index contributed by atoms with van der Waals surface area (Å²) in [5.74, 6) is 0. The first-order chi connectivity index (χ1) is 9.51. The lowest BCUT2D eigenvalue weighted by molar-refractivity contribution is -0.114. The van der Waals surface area contributed by atoms with Crippen LogP contribution in [0.4, 0.5) is 0 Å². The number of carbonyl (C=O) groups is 1. The van der Waals surface area contributed by atoms with Gasteiger partial charge in [0.15, 0.2) is 0 Å². The van der Waals surface area contributed by atoms with Gasteiger partial charge in [-0.2, -0.15) is 0 Å². The van der Waals surface area contributed by atoms with Gasteiger partial charge in [-0.3, -0.25) is 9.10 Å². The highest BCUT2D eigenvalue weighted by molar-refractivity contribution is 8.02. The molecule has 1 aromatic heterocycles. The second-order valence-electron chi connectivity index (χ2n) is 3.98. The molecule has 0 aliphatic rings. The van der Waals surface area contributed by atoms with Crippen molar-refractivity contribution in [1.82, 2.24) is 4.31 Å². The van der Waals surface area contributed by atoms with E-state index in [0.717, 1.165) is 34.0 Å². The van der Waals surface area contributed by atoms with Gasteiger partial charge in [-0.05, 0) is 41.5 Å². The van der Waals surface area contributed by atoms with E-state index in [9.17, 15) is 4.79 Å². The fourth-order valence-corrected chi connectivity index (χ4v) is 3.66. The zero-order chi connectivity index (χ0) is 14.7. The van der Waals surface area contributed by atoms with Crippen LogP contribution in [0.15, 0.2) is 33.0 Å². The summed E-state index contributed by atoms with van der Waals surface area (Å²) in [7, 11) is 0. The van der Waals surface area contributed by atoms with E-state index in [1.165, 1.54) is 4.31 Å². The number of thiophene rings is 1. The minimum Gasteiger partial charge on any atom is -0.280 e. The average Bonchev–Trinajstić information content (AvgIpc) is 2.80. The minimum absolute atomic E-state index is 0.385. The topological polar surface area (TPSA) is 20.3 Å². The molecule has 2 aromatic rings. The molecule has 0 atom stereocenters. The zero-order valence-corrected chi connectivity index (χ0v) is 14.3. The average molecular weight is 367 g/mol. The van der Waals surface area contributed by atoms with Crippen molar-refractivity contribution in [3.05, 3.63) is 43.6 Å². The number of carbonyl (C=O) groups excluding carboxylic acids is 1. The maximum absolute atomic E-state index is 11.2. The van der Waals surface area contributed by atoms with Crippen molar-refractivity contribution in [1.29, 1.82) is 0 Å². The zero-order valence-electron chi connectivity index (χ0n) is 10.4. The molecule has 1 aromatic carbocycles. The Balaban J connectivity index is 2.24. The van der Waals surface area contributed by atoms with Crippen LogP contribution in [0.25, 0.3) is 10.1 Å². The molecule has 2 rings (SSSR count). The van der Waals surface area contributed by atoms with Gasteiger partial charge in [-0.25, -0.2) is 0 Å². The monoisotopic (exact) mass is 365 g/mol. The molecule has 0 spiro atoms. The van der Waals surface area contributed by atoms with E-state index in [1.807, 2.05) is 23.6 Å². The molecule has 0 aliphatic heterocycles. The molecular formula is C13H10Cl3NOS2. The van der Waals surface area contributed by atoms with Gasteiger partial charge in [0.25, 0.3) is 0 Å². The van der Waals surface area contributed by atoms with Crippen molar-refractivity contribution in [2.45, 2.75) is 13.5 Å². The summed E-state index contributed by atoms with van der Waals surface area (Å²) in [4.78, 5) is 11.2. The Labute approximate surface area is 140 Å². The molecule has 0 aliphatic carbocycles. The van der Waals surface area contributed by atoms with Crippen LogP contribution < -0.4 is 0 Å². The van der Waals surface area contributed by atoms with E-state index in [4.69, 9.17) is 34.8 Å². The number of halogens is 3. The van der Waals surface area contributed by atoms with Crippen LogP contribution >= 0.6 is 58.1 Å². The summed E-state index contributed by atoms with van der Waals surface area (Å²) in [6.07, 6.45) is 0.737. The first-order valence-corrected chi connectivity index (χ1v) is 8.37. The predicted octanol–water partition coefficient (Wildman–Crippen LogP) is 5.83. The Kier molecular flexibility index (Phi) is 5.64. The summed E-state index contributed by atoms with van der Waals surface area (Å²) < 4.78 is 3.02. The minimum atomic E-state index is 0.385. The number of hydrogen-bond donors (Lipinski definition) is 0. The maximum Gasteiger partial charge on any atom is 0.220 e. The van der Waals surface area contributed by atoms with Crippen LogP contribution in [-0.4, -0.2) is 10.7 Å². The third-order valence-electron chi connectivity index (χ3n) is 2.53. The fraction of sp³-hybridized carbons (Fsp3) is 0.154. The molecule has 7 heteroatoms. The Bertz CT molecular complexity index is 665. The van der Waals surface area contributed by atoms with Crippen molar-refractivity contribution >= 4 is 74.6 Å². The van der Waals surface area contributed by atoms with E-state index in [-0.39, 0.29) is 0 Å². The standard InChI is InChI=1S/C13H10Cl3NOS2/c1-8(14)13(16)20-17(7-18)5-9-6-19-12-3-2-10(15)4-11(9)12/h2-4,6-7H,5H2,1H3/b13-8+. The fourth-order valence-electron chi connectivity index (χ4n) is 1.60. The van der Waals surface area contributed by atoms with Crippen molar-refractivity contribution < 1.29 is 4.79 Å². The summed E-state index contributed by atoms with van der Waals surface area (Å²) in [6, 6.07) is 5.73. The Morgan fingerprint density at radius 3 is 2.85 bits per heavy atom. The first-order valence-electron chi connectivity index (χ1n) is 5.58. The smallest absolute Gasteiger partial charge is 0.220 e. The largest absolute Gasteiger partial charge is 0.280 e. The van der Waals surface area contributed by atoms with Crippen LogP contribution in [0.1, 0.15) is 12.5 Å². The van der Waals surface area contributed by atoms with E-state index < -0.39 is 0 Å². The number of fused-ring (bicyclic) bond motifs is 1. The van der Waals surface area contributed by atoms with Gasteiger partial charge in [-0.15, -0.1) is 11.3 Å². The molecule has 0 radical (unpaired) electrons. The third kappa shape index (κ3) is 3.83. The van der Waals surface area contributed by atoms with Crippen molar-refractivity contribution in [3.63, 3.8) is 0 Å². The number of allylic oxidation sites excluding steroid dienone is 1. The van der Waals surface area contributed by atoms with E-state index >= 15 is 0 Å². The van der Waals surface area contributed by atoms with Gasteiger partial charge >= 0.3 is 0 Å². The van der Waals surface area contributed by atoms with Gasteiger partial charge in [0, 0.05) is 26.7 Å². The molecule has 1 amide bonds. The molecular weight excluding hydrogens is 357 g/mol. The van der Waals surface area contributed by atoms with Gasteiger partial charge in [0.2, 0.25) is 6.41 Å². The van der Waals surface area contributed by atoms with Gasteiger partial charge < -0.3 is 0 Å². The molecule has 0 unspecified atom stereocenters. The number of rotatable bonds is 5. The van der Waals surface area contributed by atoms with Gasteiger partial charge in [0.05, 0.1) is 6.54 Å². The molecule has 0 N–H and O–H groups in total. The molecule has 0 fully saturated rings. The Morgan fingerprint density at radius 2 is 2.20 bits per heavy atom. The van der Waals surface area contributed by atoms with Gasteiger partial charge in [0.1, 0.15) is 4.36 Å². The number of hydrogen-bond acceptors (Lipinski definition) is 3. The summed E-state index contributed by atoms with van der Waals surface area (Å²) >= 11 is 20.5. The lowest BCUT2D eigenvalue weighted by Gasteiger charge is -2.15. The van der Waals surface area contributed by atoms with Crippen LogP contribution in [0.5, 0.6) is 0 Å². The first kappa shape index (κ1) is 16.0. The van der Waals surface area contributed by atoms with Crippen molar-refractivity contribution in [2.24, 2.45) is 0 Å². The van der Waals surface area contributed by atoms with Crippen LogP contribution in [0.2, 0.25) is 5.02 Å². The van der Waals surface area contributed by atoms with Gasteiger partial charge in [-0.1, -0.05) is 34.8 Å². The maximum atomic E-state index is 11.2. The molecule has 0 saturated carbocycles. The highest BCUT2D eigenvalue weighted by Gasteiger charge is 2.12. The molecule has 0 bridgehead atoms. The second kappa shape index (κ2) is 7.05. The molecule has 0 saturated heterocycles. The van der Waals surface area contributed by atoms with Crippen molar-refractivity contribution in [2.75, 3.05) is 0 Å². The van der Waals surface area contributed by atoms with Crippen molar-refractivity contribution in [3.8, 4) is 0 Å². The Morgan fingerprint density at radius 1 is 1.45 bits per heavy atom. The Hall–Kier alpha value is -0.390. The highest BCUT2D eigenvalue weighted by Crippen LogP contribution is 2.33. The van der Waals surface area contributed by atoms with E-state index in [0.29, 0.717) is 21.0 Å². The van der Waals surface area contributed by atoms with Crippen LogP contribution in [0, 0.1) is 0 Å². The SMILES string of the molecule is C/C(Cl)=C(/Cl)SN(C=O)Cc1csc2ccc(Cl)cc12. The number of amides is 1. The molecule has 2 nitrogen and oxygen atoms in total. The summed E-state index contributed by atoms with van der Waals surface area (Å²) in [5.41, 5.74) is 1.03. The van der Waals surface area contributed by atoms with Crippen LogP contribution in [-0.2, 0) is 11.3 Å². The second-order valence-corrected chi connectivity index (χ2v) is 7.56. The lowest BCUT2D eigenvalue weighted by atomic mass is 10.2. The molecule has 20 heavy (non-hydrogen) atoms. The summed E-state index contributed by atoms with van der Waals surface area (Å²) in [5, 5.41) is 4.21. The van der Waals surface area contributed by atoms with E-state index in [2.05, 4.69) is 0 Å². The quantitative estimate of drug-likeness (QED) is 0.490. The summed E-state index contributed by atoms with van der Waals surface area (Å²) in [6.45, 7) is 2.12. The lowest BCUT2D eigenvalue weighted by Crippen LogP contribution is -2.12. The molecule has 1 heterocycles.